The lowest BCUT2D eigenvalue weighted by Gasteiger charge is -2.12. The molecule has 1 aliphatic heterocycles. The van der Waals surface area contributed by atoms with Crippen molar-refractivity contribution in [1.29, 1.82) is 0 Å². The molecular formula is C21H19FN2O2. The van der Waals surface area contributed by atoms with Crippen molar-refractivity contribution in [3.05, 3.63) is 83.8 Å². The van der Waals surface area contributed by atoms with Crippen LogP contribution in [0.2, 0.25) is 0 Å². The number of hydrogen-bond donors (Lipinski definition) is 1. The van der Waals surface area contributed by atoms with Gasteiger partial charge in [-0.25, -0.2) is 4.39 Å². The monoisotopic (exact) mass is 350 g/mol. The second kappa shape index (κ2) is 7.35. The zero-order valence-electron chi connectivity index (χ0n) is 14.5. The molecule has 0 aromatic heterocycles. The normalized spacial score (nSPS) is 14.2. The standard InChI is InChI=1S/C21H19FN2O2/c1-3-13-24-20(25)18(15-7-9-16(22)10-8-15)19(21(24)26)23-17-11-5-14(4-2)6-12-17/h3,5-12,23H,1,4,13H2,2H3. The fourth-order valence-corrected chi connectivity index (χ4v) is 2.84. The highest BCUT2D eigenvalue weighted by Crippen LogP contribution is 2.30. The summed E-state index contributed by atoms with van der Waals surface area (Å²) >= 11 is 0. The minimum atomic E-state index is -0.422. The molecule has 1 aliphatic rings. The first-order valence-electron chi connectivity index (χ1n) is 8.38. The number of imide groups is 1. The molecular weight excluding hydrogens is 331 g/mol. The van der Waals surface area contributed by atoms with Crippen LogP contribution in [0.3, 0.4) is 0 Å². The van der Waals surface area contributed by atoms with Crippen LogP contribution < -0.4 is 5.32 Å². The molecule has 0 saturated heterocycles. The van der Waals surface area contributed by atoms with Crippen molar-refractivity contribution in [3.8, 4) is 0 Å². The molecule has 0 unspecified atom stereocenters. The predicted molar refractivity (Wildman–Crippen MR) is 99.7 cm³/mol. The molecule has 2 aromatic carbocycles. The molecule has 0 aliphatic carbocycles. The van der Waals surface area contributed by atoms with Gasteiger partial charge in [0, 0.05) is 12.2 Å². The second-order valence-corrected chi connectivity index (χ2v) is 5.94. The highest BCUT2D eigenvalue weighted by atomic mass is 19.1. The third-order valence-corrected chi connectivity index (χ3v) is 4.24. The summed E-state index contributed by atoms with van der Waals surface area (Å²) in [6.07, 6.45) is 2.41. The number of carbonyl (C=O) groups excluding carboxylic acids is 2. The molecule has 2 amide bonds. The van der Waals surface area contributed by atoms with Crippen LogP contribution in [0.25, 0.3) is 5.57 Å². The smallest absolute Gasteiger partial charge is 0.278 e. The van der Waals surface area contributed by atoms with Crippen LogP contribution in [0.4, 0.5) is 10.1 Å². The van der Waals surface area contributed by atoms with Gasteiger partial charge in [0.1, 0.15) is 11.5 Å². The molecule has 132 valence electrons. The van der Waals surface area contributed by atoms with Crippen molar-refractivity contribution in [2.45, 2.75) is 13.3 Å². The molecule has 1 N–H and O–H groups in total. The number of nitrogens with one attached hydrogen (secondary N) is 1. The fourth-order valence-electron chi connectivity index (χ4n) is 2.84. The Balaban J connectivity index is 2.03. The first-order valence-corrected chi connectivity index (χ1v) is 8.38. The van der Waals surface area contributed by atoms with E-state index in [2.05, 4.69) is 18.8 Å². The third kappa shape index (κ3) is 3.28. The predicted octanol–water partition coefficient (Wildman–Crippen LogP) is 3.77. The van der Waals surface area contributed by atoms with Gasteiger partial charge in [0.05, 0.1) is 5.57 Å². The highest BCUT2D eigenvalue weighted by molar-refractivity contribution is 6.36. The van der Waals surface area contributed by atoms with Crippen molar-refractivity contribution in [3.63, 3.8) is 0 Å². The first kappa shape index (κ1) is 17.6. The van der Waals surface area contributed by atoms with Crippen LogP contribution >= 0.6 is 0 Å². The topological polar surface area (TPSA) is 49.4 Å². The van der Waals surface area contributed by atoms with Crippen molar-refractivity contribution in [2.24, 2.45) is 0 Å². The maximum atomic E-state index is 13.3. The maximum absolute atomic E-state index is 13.3. The maximum Gasteiger partial charge on any atom is 0.278 e. The Labute approximate surface area is 151 Å². The lowest BCUT2D eigenvalue weighted by molar-refractivity contribution is -0.136. The molecule has 0 spiro atoms. The molecule has 1 heterocycles. The number of carbonyl (C=O) groups is 2. The summed E-state index contributed by atoms with van der Waals surface area (Å²) in [4.78, 5) is 26.6. The van der Waals surface area contributed by atoms with E-state index in [0.29, 0.717) is 11.3 Å². The number of amides is 2. The Kier molecular flexibility index (Phi) is 4.98. The highest BCUT2D eigenvalue weighted by Gasteiger charge is 2.38. The van der Waals surface area contributed by atoms with E-state index in [4.69, 9.17) is 0 Å². The van der Waals surface area contributed by atoms with Crippen molar-refractivity contribution < 1.29 is 14.0 Å². The molecule has 0 radical (unpaired) electrons. The third-order valence-electron chi connectivity index (χ3n) is 4.24. The molecule has 0 fully saturated rings. The van der Waals surface area contributed by atoms with E-state index in [1.807, 2.05) is 24.3 Å². The summed E-state index contributed by atoms with van der Waals surface area (Å²) in [5.74, 6) is -1.25. The number of aryl methyl sites for hydroxylation is 1. The Morgan fingerprint density at radius 2 is 1.69 bits per heavy atom. The van der Waals surface area contributed by atoms with E-state index in [1.54, 1.807) is 0 Å². The Hall–Kier alpha value is -3.21. The molecule has 4 nitrogen and oxygen atoms in total. The number of rotatable bonds is 6. The van der Waals surface area contributed by atoms with Gasteiger partial charge >= 0.3 is 0 Å². The quantitative estimate of drug-likeness (QED) is 0.637. The SMILES string of the molecule is C=CCN1C(=O)C(Nc2ccc(CC)cc2)=C(c2ccc(F)cc2)C1=O. The lowest BCUT2D eigenvalue weighted by atomic mass is 10.0. The summed E-state index contributed by atoms with van der Waals surface area (Å²) in [5, 5.41) is 3.06. The van der Waals surface area contributed by atoms with Gasteiger partial charge in [0.2, 0.25) is 0 Å². The number of anilines is 1. The van der Waals surface area contributed by atoms with Gasteiger partial charge in [-0.05, 0) is 41.8 Å². The van der Waals surface area contributed by atoms with Crippen LogP contribution in [0, 0.1) is 5.82 Å². The molecule has 26 heavy (non-hydrogen) atoms. The molecule has 2 aromatic rings. The molecule has 0 saturated carbocycles. The minimum Gasteiger partial charge on any atom is -0.350 e. The largest absolute Gasteiger partial charge is 0.350 e. The summed E-state index contributed by atoms with van der Waals surface area (Å²) < 4.78 is 13.3. The first-order chi connectivity index (χ1) is 12.5. The fraction of sp³-hybridized carbons (Fsp3) is 0.143. The van der Waals surface area contributed by atoms with Crippen molar-refractivity contribution in [2.75, 3.05) is 11.9 Å². The number of halogens is 1. The number of hydrogen-bond acceptors (Lipinski definition) is 3. The minimum absolute atomic E-state index is 0.113. The average molecular weight is 350 g/mol. The van der Waals surface area contributed by atoms with Crippen LogP contribution in [0.15, 0.2) is 66.9 Å². The second-order valence-electron chi connectivity index (χ2n) is 5.94. The van der Waals surface area contributed by atoms with E-state index in [0.717, 1.165) is 11.3 Å². The van der Waals surface area contributed by atoms with Crippen LogP contribution in [0.1, 0.15) is 18.1 Å². The molecule has 0 atom stereocenters. The van der Waals surface area contributed by atoms with Gasteiger partial charge in [0.15, 0.2) is 0 Å². The molecule has 0 bridgehead atoms. The van der Waals surface area contributed by atoms with E-state index < -0.39 is 17.6 Å². The van der Waals surface area contributed by atoms with E-state index in [1.165, 1.54) is 35.9 Å². The van der Waals surface area contributed by atoms with E-state index in [-0.39, 0.29) is 17.8 Å². The summed E-state index contributed by atoms with van der Waals surface area (Å²) in [7, 11) is 0. The van der Waals surface area contributed by atoms with E-state index >= 15 is 0 Å². The zero-order valence-corrected chi connectivity index (χ0v) is 14.5. The summed E-state index contributed by atoms with van der Waals surface area (Å²) in [5.41, 5.74) is 2.79. The lowest BCUT2D eigenvalue weighted by Crippen LogP contribution is -2.32. The molecule has 5 heteroatoms. The van der Waals surface area contributed by atoms with Crippen LogP contribution in [-0.4, -0.2) is 23.3 Å². The Bertz CT molecular complexity index is 883. The van der Waals surface area contributed by atoms with Crippen molar-refractivity contribution >= 4 is 23.1 Å². The number of benzene rings is 2. The average Bonchev–Trinajstić information content (AvgIpc) is 2.88. The van der Waals surface area contributed by atoms with Gasteiger partial charge < -0.3 is 5.32 Å². The van der Waals surface area contributed by atoms with Crippen LogP contribution in [0.5, 0.6) is 0 Å². The van der Waals surface area contributed by atoms with Gasteiger partial charge in [-0.3, -0.25) is 14.5 Å². The Morgan fingerprint density at radius 3 is 2.27 bits per heavy atom. The molecule has 3 rings (SSSR count). The van der Waals surface area contributed by atoms with Gasteiger partial charge in [-0.15, -0.1) is 6.58 Å². The summed E-state index contributed by atoms with van der Waals surface area (Å²) in [6, 6.07) is 13.2. The van der Waals surface area contributed by atoms with E-state index in [9.17, 15) is 14.0 Å². The van der Waals surface area contributed by atoms with Crippen molar-refractivity contribution in [1.82, 2.24) is 4.90 Å². The number of nitrogens with zero attached hydrogens (tertiary/aromatic N) is 1. The van der Waals surface area contributed by atoms with Crippen LogP contribution in [-0.2, 0) is 16.0 Å². The van der Waals surface area contributed by atoms with Gasteiger partial charge in [-0.1, -0.05) is 37.3 Å². The van der Waals surface area contributed by atoms with Gasteiger partial charge in [0.25, 0.3) is 11.8 Å². The zero-order chi connectivity index (χ0) is 18.7. The Morgan fingerprint density at radius 1 is 1.04 bits per heavy atom. The summed E-state index contributed by atoms with van der Waals surface area (Å²) in [6.45, 7) is 5.77. The van der Waals surface area contributed by atoms with Gasteiger partial charge in [-0.2, -0.15) is 0 Å².